The van der Waals surface area contributed by atoms with E-state index < -0.39 is 6.10 Å². The van der Waals surface area contributed by atoms with E-state index >= 15 is 0 Å². The van der Waals surface area contributed by atoms with Gasteiger partial charge in [0.2, 0.25) is 0 Å². The molecule has 0 aliphatic rings. The van der Waals surface area contributed by atoms with Gasteiger partial charge in [-0.3, -0.25) is 0 Å². The van der Waals surface area contributed by atoms with Crippen LogP contribution in [0, 0.1) is 5.82 Å². The zero-order valence-electron chi connectivity index (χ0n) is 10.5. The fourth-order valence-electron chi connectivity index (χ4n) is 1.90. The van der Waals surface area contributed by atoms with Crippen LogP contribution in [-0.2, 0) is 0 Å². The molecule has 100 valence electrons. The molecule has 20 heavy (non-hydrogen) atoms. The maximum absolute atomic E-state index is 12.9. The zero-order chi connectivity index (χ0) is 13.9. The zero-order valence-corrected chi connectivity index (χ0v) is 10.5. The molecule has 3 aromatic rings. The SMILES string of the molecule is OC(c1ccc(F)cc1)c1cnn(-c2ccccc2)n1. The van der Waals surface area contributed by atoms with E-state index in [-0.39, 0.29) is 5.82 Å². The summed E-state index contributed by atoms with van der Waals surface area (Å²) < 4.78 is 12.9. The summed E-state index contributed by atoms with van der Waals surface area (Å²) in [7, 11) is 0. The molecule has 0 amide bonds. The van der Waals surface area contributed by atoms with Gasteiger partial charge in [-0.15, -0.1) is 0 Å². The van der Waals surface area contributed by atoms with Crippen LogP contribution < -0.4 is 0 Å². The summed E-state index contributed by atoms with van der Waals surface area (Å²) in [6, 6.07) is 15.1. The molecule has 0 radical (unpaired) electrons. The molecule has 1 aromatic heterocycles. The standard InChI is InChI=1S/C15H12FN3O/c16-12-8-6-11(7-9-12)15(20)14-10-17-19(18-14)13-4-2-1-3-5-13/h1-10,15,20H. The van der Waals surface area contributed by atoms with Crippen molar-refractivity contribution < 1.29 is 9.50 Å². The molecule has 1 unspecified atom stereocenters. The topological polar surface area (TPSA) is 50.9 Å². The second kappa shape index (κ2) is 5.22. The summed E-state index contributed by atoms with van der Waals surface area (Å²) >= 11 is 0. The minimum Gasteiger partial charge on any atom is -0.382 e. The van der Waals surface area contributed by atoms with Gasteiger partial charge in [0.15, 0.2) is 0 Å². The van der Waals surface area contributed by atoms with Gasteiger partial charge in [-0.2, -0.15) is 15.0 Å². The van der Waals surface area contributed by atoms with Crippen molar-refractivity contribution in [1.29, 1.82) is 0 Å². The largest absolute Gasteiger partial charge is 0.382 e. The Morgan fingerprint density at radius 2 is 1.70 bits per heavy atom. The smallest absolute Gasteiger partial charge is 0.124 e. The van der Waals surface area contributed by atoms with Gasteiger partial charge in [0.1, 0.15) is 17.6 Å². The molecule has 2 aromatic carbocycles. The van der Waals surface area contributed by atoms with Crippen LogP contribution in [0.15, 0.2) is 60.8 Å². The second-order valence-electron chi connectivity index (χ2n) is 4.35. The maximum atomic E-state index is 12.9. The van der Waals surface area contributed by atoms with Crippen molar-refractivity contribution in [2.75, 3.05) is 0 Å². The number of halogens is 1. The van der Waals surface area contributed by atoms with Gasteiger partial charge in [-0.05, 0) is 29.8 Å². The molecule has 5 heteroatoms. The van der Waals surface area contributed by atoms with E-state index in [0.29, 0.717) is 11.3 Å². The van der Waals surface area contributed by atoms with E-state index in [4.69, 9.17) is 0 Å². The second-order valence-corrected chi connectivity index (χ2v) is 4.35. The minimum atomic E-state index is -0.923. The number of aromatic nitrogens is 3. The van der Waals surface area contributed by atoms with Gasteiger partial charge >= 0.3 is 0 Å². The average Bonchev–Trinajstić information content (AvgIpc) is 2.98. The molecular formula is C15H12FN3O. The fraction of sp³-hybridized carbons (Fsp3) is 0.0667. The molecule has 0 saturated carbocycles. The molecule has 1 N–H and O–H groups in total. The number of nitrogens with zero attached hydrogens (tertiary/aromatic N) is 3. The molecule has 0 bridgehead atoms. The first-order valence-electron chi connectivity index (χ1n) is 6.15. The van der Waals surface area contributed by atoms with E-state index in [1.807, 2.05) is 30.3 Å². The third-order valence-electron chi connectivity index (χ3n) is 2.96. The maximum Gasteiger partial charge on any atom is 0.124 e. The van der Waals surface area contributed by atoms with Crippen LogP contribution in [0.5, 0.6) is 0 Å². The number of aliphatic hydroxyl groups excluding tert-OH is 1. The van der Waals surface area contributed by atoms with Crippen LogP contribution in [0.4, 0.5) is 4.39 Å². The lowest BCUT2D eigenvalue weighted by Crippen LogP contribution is -2.03. The predicted octanol–water partition coefficient (Wildman–Crippen LogP) is 2.49. The van der Waals surface area contributed by atoms with Gasteiger partial charge < -0.3 is 5.11 Å². The molecule has 4 nitrogen and oxygen atoms in total. The highest BCUT2D eigenvalue weighted by atomic mass is 19.1. The van der Waals surface area contributed by atoms with Gasteiger partial charge in [0, 0.05) is 0 Å². The number of para-hydroxylation sites is 1. The summed E-state index contributed by atoms with van der Waals surface area (Å²) in [6.45, 7) is 0. The van der Waals surface area contributed by atoms with Crippen LogP contribution in [0.3, 0.4) is 0 Å². The quantitative estimate of drug-likeness (QED) is 0.794. The van der Waals surface area contributed by atoms with Gasteiger partial charge in [0.05, 0.1) is 11.9 Å². The van der Waals surface area contributed by atoms with Crippen LogP contribution in [-0.4, -0.2) is 20.1 Å². The van der Waals surface area contributed by atoms with Crippen LogP contribution >= 0.6 is 0 Å². The average molecular weight is 269 g/mol. The summed E-state index contributed by atoms with van der Waals surface area (Å²) in [4.78, 5) is 1.45. The van der Waals surface area contributed by atoms with Crippen LogP contribution in [0.25, 0.3) is 5.69 Å². The molecule has 1 atom stereocenters. The molecule has 0 aliphatic heterocycles. The molecule has 0 spiro atoms. The fourth-order valence-corrected chi connectivity index (χ4v) is 1.90. The lowest BCUT2D eigenvalue weighted by molar-refractivity contribution is 0.214. The first-order valence-corrected chi connectivity index (χ1v) is 6.15. The first-order chi connectivity index (χ1) is 9.74. The molecule has 0 fully saturated rings. The lowest BCUT2D eigenvalue weighted by atomic mass is 10.1. The number of hydrogen-bond donors (Lipinski definition) is 1. The summed E-state index contributed by atoms with van der Waals surface area (Å²) in [6.07, 6.45) is 0.578. The minimum absolute atomic E-state index is 0.339. The van der Waals surface area contributed by atoms with Crippen molar-refractivity contribution in [3.63, 3.8) is 0 Å². The lowest BCUT2D eigenvalue weighted by Gasteiger charge is -2.07. The Morgan fingerprint density at radius 3 is 2.40 bits per heavy atom. The van der Waals surface area contributed by atoms with E-state index in [2.05, 4.69) is 10.2 Å². The Morgan fingerprint density at radius 1 is 1.00 bits per heavy atom. The van der Waals surface area contributed by atoms with E-state index in [1.165, 1.54) is 35.3 Å². The van der Waals surface area contributed by atoms with Gasteiger partial charge in [-0.25, -0.2) is 4.39 Å². The molecule has 1 heterocycles. The van der Waals surface area contributed by atoms with Crippen molar-refractivity contribution >= 4 is 0 Å². The highest BCUT2D eigenvalue weighted by Crippen LogP contribution is 2.20. The Kier molecular flexibility index (Phi) is 3.26. The highest BCUT2D eigenvalue weighted by molar-refractivity contribution is 5.30. The molecule has 0 saturated heterocycles. The Balaban J connectivity index is 1.88. The van der Waals surface area contributed by atoms with Crippen molar-refractivity contribution in [3.05, 3.63) is 77.9 Å². The van der Waals surface area contributed by atoms with Crippen molar-refractivity contribution in [3.8, 4) is 5.69 Å². The normalized spacial score (nSPS) is 12.3. The van der Waals surface area contributed by atoms with E-state index in [9.17, 15) is 9.50 Å². The molecule has 0 aliphatic carbocycles. The molecule has 3 rings (SSSR count). The van der Waals surface area contributed by atoms with E-state index in [0.717, 1.165) is 5.69 Å². The van der Waals surface area contributed by atoms with Crippen LogP contribution in [0.2, 0.25) is 0 Å². The Hall–Kier alpha value is -2.53. The number of aliphatic hydroxyl groups is 1. The summed E-state index contributed by atoms with van der Waals surface area (Å²) in [5, 5.41) is 18.6. The van der Waals surface area contributed by atoms with Gasteiger partial charge in [-0.1, -0.05) is 30.3 Å². The van der Waals surface area contributed by atoms with Crippen molar-refractivity contribution in [2.45, 2.75) is 6.10 Å². The van der Waals surface area contributed by atoms with Crippen molar-refractivity contribution in [1.82, 2.24) is 15.0 Å². The highest BCUT2D eigenvalue weighted by Gasteiger charge is 2.14. The monoisotopic (exact) mass is 269 g/mol. The number of benzene rings is 2. The number of rotatable bonds is 3. The van der Waals surface area contributed by atoms with Crippen LogP contribution in [0.1, 0.15) is 17.4 Å². The van der Waals surface area contributed by atoms with E-state index in [1.54, 1.807) is 0 Å². The van der Waals surface area contributed by atoms with Gasteiger partial charge in [0.25, 0.3) is 0 Å². The Bertz CT molecular complexity index is 695. The summed E-state index contributed by atoms with van der Waals surface area (Å²) in [5.74, 6) is -0.339. The number of hydrogen-bond acceptors (Lipinski definition) is 3. The third kappa shape index (κ3) is 2.44. The Labute approximate surface area is 115 Å². The van der Waals surface area contributed by atoms with Crippen molar-refractivity contribution in [2.24, 2.45) is 0 Å². The molecular weight excluding hydrogens is 257 g/mol. The summed E-state index contributed by atoms with van der Waals surface area (Å²) in [5.41, 5.74) is 1.80. The predicted molar refractivity (Wildman–Crippen MR) is 71.8 cm³/mol. The first kappa shape index (κ1) is 12.5. The third-order valence-corrected chi connectivity index (χ3v) is 2.96.